The van der Waals surface area contributed by atoms with Crippen molar-refractivity contribution in [1.29, 1.82) is 0 Å². The number of H-pyrrole nitrogens is 1. The van der Waals surface area contributed by atoms with E-state index < -0.39 is 10.8 Å². The van der Waals surface area contributed by atoms with Crippen molar-refractivity contribution < 1.29 is 9.59 Å². The van der Waals surface area contributed by atoms with E-state index in [1.54, 1.807) is 30.9 Å². The molecule has 2 N–H and O–H groups in total. The largest absolute Gasteiger partial charge is 0.325 e. The number of hydrogen-bond donors (Lipinski definition) is 2. The number of amides is 2. The van der Waals surface area contributed by atoms with E-state index in [1.165, 1.54) is 0 Å². The average Bonchev–Trinajstić information content (AvgIpc) is 3.24. The van der Waals surface area contributed by atoms with Gasteiger partial charge in [0.05, 0.1) is 10.9 Å². The number of thioether (sulfide) groups is 1. The van der Waals surface area contributed by atoms with Crippen LogP contribution in [0.5, 0.6) is 0 Å². The summed E-state index contributed by atoms with van der Waals surface area (Å²) in [7, 11) is 0. The number of anilines is 2. The predicted molar refractivity (Wildman–Crippen MR) is 130 cm³/mol. The lowest BCUT2D eigenvalue weighted by atomic mass is 10.1. The van der Waals surface area contributed by atoms with Gasteiger partial charge in [0.1, 0.15) is 0 Å². The second-order valence-corrected chi connectivity index (χ2v) is 9.22. The predicted octanol–water partition coefficient (Wildman–Crippen LogP) is 3.56. The van der Waals surface area contributed by atoms with E-state index in [1.807, 2.05) is 37.3 Å². The van der Waals surface area contributed by atoms with Gasteiger partial charge in [0.15, 0.2) is 10.9 Å². The van der Waals surface area contributed by atoms with Crippen LogP contribution < -0.4 is 15.8 Å². The SMILES string of the molecule is CCC(=O)Nc1ccc(C)cc1-c1nnc(S[C@H](C)C(=O)N2CCc3ccccc32)[nH]c1=O. The molecule has 33 heavy (non-hydrogen) atoms. The summed E-state index contributed by atoms with van der Waals surface area (Å²) >= 11 is 1.16. The molecule has 0 bridgehead atoms. The highest BCUT2D eigenvalue weighted by atomic mass is 32.2. The molecule has 0 spiro atoms. The lowest BCUT2D eigenvalue weighted by Crippen LogP contribution is -2.35. The number of fused-ring (bicyclic) bond motifs is 1. The molecule has 0 radical (unpaired) electrons. The van der Waals surface area contributed by atoms with Crippen molar-refractivity contribution in [3.05, 3.63) is 63.9 Å². The van der Waals surface area contributed by atoms with Crippen molar-refractivity contribution >= 4 is 35.0 Å². The number of nitrogens with one attached hydrogen (secondary N) is 2. The number of benzene rings is 2. The third kappa shape index (κ3) is 4.83. The van der Waals surface area contributed by atoms with E-state index in [-0.39, 0.29) is 22.7 Å². The molecular formula is C24H25N5O3S. The summed E-state index contributed by atoms with van der Waals surface area (Å²) in [5.41, 5.74) is 3.70. The number of carbonyl (C=O) groups excluding carboxylic acids is 2. The zero-order chi connectivity index (χ0) is 23.5. The van der Waals surface area contributed by atoms with Crippen LogP contribution in [0.2, 0.25) is 0 Å². The quantitative estimate of drug-likeness (QED) is 0.541. The van der Waals surface area contributed by atoms with Crippen molar-refractivity contribution in [2.45, 2.75) is 44.0 Å². The van der Waals surface area contributed by atoms with E-state index in [0.29, 0.717) is 24.2 Å². The van der Waals surface area contributed by atoms with E-state index in [2.05, 4.69) is 20.5 Å². The van der Waals surface area contributed by atoms with E-state index >= 15 is 0 Å². The van der Waals surface area contributed by atoms with Crippen molar-refractivity contribution in [3.8, 4) is 11.3 Å². The van der Waals surface area contributed by atoms with Gasteiger partial charge in [-0.2, -0.15) is 0 Å². The Morgan fingerprint density at radius 3 is 2.76 bits per heavy atom. The Labute approximate surface area is 195 Å². The third-order valence-corrected chi connectivity index (χ3v) is 6.45. The molecular weight excluding hydrogens is 438 g/mol. The lowest BCUT2D eigenvalue weighted by molar-refractivity contribution is -0.118. The maximum absolute atomic E-state index is 13.0. The minimum absolute atomic E-state index is 0.0417. The van der Waals surface area contributed by atoms with Crippen molar-refractivity contribution in [2.24, 2.45) is 0 Å². The average molecular weight is 464 g/mol. The first kappa shape index (κ1) is 22.7. The molecule has 1 aromatic heterocycles. The molecule has 1 atom stereocenters. The highest BCUT2D eigenvalue weighted by Crippen LogP contribution is 2.31. The zero-order valence-electron chi connectivity index (χ0n) is 18.7. The second-order valence-electron chi connectivity index (χ2n) is 7.89. The van der Waals surface area contributed by atoms with Crippen LogP contribution in [-0.4, -0.2) is 38.8 Å². The number of hydrogen-bond acceptors (Lipinski definition) is 6. The van der Waals surface area contributed by atoms with Crippen LogP contribution >= 0.6 is 11.8 Å². The van der Waals surface area contributed by atoms with Crippen LogP contribution in [0.1, 0.15) is 31.4 Å². The normalized spacial score (nSPS) is 13.5. The first-order chi connectivity index (χ1) is 15.9. The molecule has 9 heteroatoms. The minimum atomic E-state index is -0.453. The molecule has 0 unspecified atom stereocenters. The summed E-state index contributed by atoms with van der Waals surface area (Å²) in [5.74, 6) is -0.201. The Hall–Kier alpha value is -3.46. The highest BCUT2D eigenvalue weighted by molar-refractivity contribution is 8.00. The monoisotopic (exact) mass is 463 g/mol. The van der Waals surface area contributed by atoms with Gasteiger partial charge in [0.25, 0.3) is 5.56 Å². The molecule has 0 fully saturated rings. The van der Waals surface area contributed by atoms with Gasteiger partial charge in [0.2, 0.25) is 11.8 Å². The Kier molecular flexibility index (Phi) is 6.60. The number of nitrogens with zero attached hydrogens (tertiary/aromatic N) is 3. The molecule has 0 aliphatic carbocycles. The number of aromatic nitrogens is 3. The van der Waals surface area contributed by atoms with Gasteiger partial charge in [-0.3, -0.25) is 19.4 Å². The van der Waals surface area contributed by atoms with Gasteiger partial charge < -0.3 is 10.2 Å². The fourth-order valence-electron chi connectivity index (χ4n) is 3.76. The summed E-state index contributed by atoms with van der Waals surface area (Å²) in [6.07, 6.45) is 1.15. The van der Waals surface area contributed by atoms with E-state index in [4.69, 9.17) is 0 Å². The molecule has 0 saturated heterocycles. The standard InChI is InChI=1S/C24H25N5O3S/c1-4-20(30)25-18-10-9-14(2)13-17(18)21-22(31)26-24(28-27-21)33-15(3)23(32)29-12-11-16-7-5-6-8-19(16)29/h5-10,13,15H,4,11-12H2,1-3H3,(H,25,30)(H,26,28,31)/t15-/m1/s1. The Morgan fingerprint density at radius 2 is 2.00 bits per heavy atom. The van der Waals surface area contributed by atoms with Crippen molar-refractivity contribution in [2.75, 3.05) is 16.8 Å². The first-order valence-electron chi connectivity index (χ1n) is 10.8. The molecule has 2 amide bonds. The maximum atomic E-state index is 13.0. The smallest absolute Gasteiger partial charge is 0.278 e. The molecule has 2 aromatic carbocycles. The lowest BCUT2D eigenvalue weighted by Gasteiger charge is -2.21. The van der Waals surface area contributed by atoms with Crippen LogP contribution in [-0.2, 0) is 16.0 Å². The van der Waals surface area contributed by atoms with Gasteiger partial charge in [-0.05, 0) is 44.0 Å². The number of aryl methyl sites for hydroxylation is 1. The summed E-state index contributed by atoms with van der Waals surface area (Å²) < 4.78 is 0. The summed E-state index contributed by atoms with van der Waals surface area (Å²) in [6, 6.07) is 13.3. The fourth-order valence-corrected chi connectivity index (χ4v) is 4.56. The third-order valence-electron chi connectivity index (χ3n) is 5.49. The minimum Gasteiger partial charge on any atom is -0.325 e. The van der Waals surface area contributed by atoms with E-state index in [0.717, 1.165) is 35.0 Å². The van der Waals surface area contributed by atoms with Gasteiger partial charge in [-0.25, -0.2) is 0 Å². The summed E-state index contributed by atoms with van der Waals surface area (Å²) in [6.45, 7) is 6.08. The molecule has 4 rings (SSSR count). The van der Waals surface area contributed by atoms with Gasteiger partial charge in [-0.1, -0.05) is 48.5 Å². The molecule has 3 aromatic rings. The van der Waals surface area contributed by atoms with Crippen LogP contribution in [0.15, 0.2) is 52.4 Å². The number of carbonyl (C=O) groups is 2. The molecule has 1 aliphatic heterocycles. The van der Waals surface area contributed by atoms with Crippen LogP contribution in [0.4, 0.5) is 11.4 Å². The topological polar surface area (TPSA) is 108 Å². The number of rotatable bonds is 6. The zero-order valence-corrected chi connectivity index (χ0v) is 19.5. The highest BCUT2D eigenvalue weighted by Gasteiger charge is 2.29. The fraction of sp³-hybridized carbons (Fsp3) is 0.292. The molecule has 170 valence electrons. The maximum Gasteiger partial charge on any atom is 0.278 e. The van der Waals surface area contributed by atoms with Gasteiger partial charge in [0, 0.05) is 24.2 Å². The molecule has 8 nitrogen and oxygen atoms in total. The number of aromatic amines is 1. The Morgan fingerprint density at radius 1 is 1.21 bits per heavy atom. The first-order valence-corrected chi connectivity index (χ1v) is 11.7. The van der Waals surface area contributed by atoms with Crippen molar-refractivity contribution in [3.63, 3.8) is 0 Å². The molecule has 0 saturated carbocycles. The number of para-hydroxylation sites is 1. The second kappa shape index (κ2) is 9.58. The summed E-state index contributed by atoms with van der Waals surface area (Å²) in [5, 5.41) is 10.9. The Bertz CT molecular complexity index is 1270. The molecule has 1 aliphatic rings. The van der Waals surface area contributed by atoms with Crippen LogP contribution in [0.3, 0.4) is 0 Å². The Balaban J connectivity index is 1.54. The van der Waals surface area contributed by atoms with Gasteiger partial charge in [-0.15, -0.1) is 10.2 Å². The van der Waals surface area contributed by atoms with Crippen molar-refractivity contribution in [1.82, 2.24) is 15.2 Å². The van der Waals surface area contributed by atoms with Crippen LogP contribution in [0, 0.1) is 6.92 Å². The molecule has 2 heterocycles. The van der Waals surface area contributed by atoms with Crippen LogP contribution in [0.25, 0.3) is 11.3 Å². The van der Waals surface area contributed by atoms with E-state index in [9.17, 15) is 14.4 Å². The van der Waals surface area contributed by atoms with Gasteiger partial charge >= 0.3 is 0 Å². The summed E-state index contributed by atoms with van der Waals surface area (Å²) in [4.78, 5) is 42.3.